The van der Waals surface area contributed by atoms with E-state index in [-0.39, 0.29) is 18.5 Å². The molecule has 0 atom stereocenters. The van der Waals surface area contributed by atoms with Crippen molar-refractivity contribution in [3.63, 3.8) is 0 Å². The maximum absolute atomic E-state index is 11.5. The minimum Gasteiger partial charge on any atom is -0.285 e. The molecule has 82 valence electrons. The first kappa shape index (κ1) is 9.39. The Bertz CT molecular complexity index is 482. The Morgan fingerprint density at radius 2 is 1.94 bits per heavy atom. The minimum atomic E-state index is -0.317. The largest absolute Gasteiger partial charge is 0.329 e. The van der Waals surface area contributed by atoms with Crippen LogP contribution in [0.2, 0.25) is 0 Å². The highest BCUT2D eigenvalue weighted by Gasteiger charge is 2.28. The number of aryl methyl sites for hydroxylation is 2. The first-order valence-corrected chi connectivity index (χ1v) is 5.47. The summed E-state index contributed by atoms with van der Waals surface area (Å²) in [7, 11) is 0. The Hall–Kier alpha value is -1.84. The second kappa shape index (κ2) is 3.33. The quantitative estimate of drug-likeness (QED) is 0.718. The number of nitrogens with one attached hydrogen (secondary N) is 1. The summed E-state index contributed by atoms with van der Waals surface area (Å²) in [5.74, 6) is -0.231. The van der Waals surface area contributed by atoms with Gasteiger partial charge in [0, 0.05) is 5.69 Å². The molecule has 0 saturated carbocycles. The topological polar surface area (TPSA) is 49.4 Å². The first-order valence-electron chi connectivity index (χ1n) is 5.47. The molecule has 1 N–H and O–H groups in total. The summed E-state index contributed by atoms with van der Waals surface area (Å²) in [5, 5.41) is 2.28. The average Bonchev–Trinajstić information content (AvgIpc) is 2.83. The molecule has 16 heavy (non-hydrogen) atoms. The number of rotatable bonds is 1. The fraction of sp³-hybridized carbons (Fsp3) is 0.333. The molecule has 1 aromatic carbocycles. The molecule has 4 heteroatoms. The van der Waals surface area contributed by atoms with E-state index in [0.717, 1.165) is 18.5 Å². The summed E-state index contributed by atoms with van der Waals surface area (Å²) < 4.78 is 0. The lowest BCUT2D eigenvalue weighted by atomic mass is 10.1. The number of carbonyl (C=O) groups is 2. The zero-order valence-corrected chi connectivity index (χ0v) is 8.82. The lowest BCUT2D eigenvalue weighted by Gasteiger charge is -2.14. The van der Waals surface area contributed by atoms with Crippen molar-refractivity contribution in [1.29, 1.82) is 0 Å². The van der Waals surface area contributed by atoms with Gasteiger partial charge in [0.1, 0.15) is 6.54 Å². The van der Waals surface area contributed by atoms with E-state index >= 15 is 0 Å². The molecule has 0 radical (unpaired) electrons. The predicted octanol–water partition coefficient (Wildman–Crippen LogP) is 1.23. The molecule has 0 bridgehead atoms. The molecule has 1 aromatic rings. The number of carbonyl (C=O) groups excluding carboxylic acids is 2. The third kappa shape index (κ3) is 1.38. The van der Waals surface area contributed by atoms with Crippen LogP contribution in [-0.2, 0) is 17.6 Å². The van der Waals surface area contributed by atoms with Crippen LogP contribution in [0.1, 0.15) is 17.5 Å². The Morgan fingerprint density at radius 3 is 2.69 bits per heavy atom. The van der Waals surface area contributed by atoms with Gasteiger partial charge in [-0.15, -0.1) is 0 Å². The second-order valence-electron chi connectivity index (χ2n) is 4.25. The van der Waals surface area contributed by atoms with E-state index in [2.05, 4.69) is 11.4 Å². The summed E-state index contributed by atoms with van der Waals surface area (Å²) in [5.41, 5.74) is 3.50. The molecule has 0 aromatic heterocycles. The molecule has 1 heterocycles. The summed E-state index contributed by atoms with van der Waals surface area (Å²) in [6.45, 7) is 0.137. The molecule has 1 saturated heterocycles. The lowest BCUT2D eigenvalue weighted by Crippen LogP contribution is -2.27. The number of anilines is 1. The maximum atomic E-state index is 11.5. The van der Waals surface area contributed by atoms with E-state index in [0.29, 0.717) is 0 Å². The van der Waals surface area contributed by atoms with Crippen molar-refractivity contribution < 1.29 is 9.59 Å². The van der Waals surface area contributed by atoms with Gasteiger partial charge in [0.25, 0.3) is 0 Å². The summed E-state index contributed by atoms with van der Waals surface area (Å²) in [6, 6.07) is 5.69. The Morgan fingerprint density at radius 1 is 1.12 bits per heavy atom. The number of hydrogen-bond acceptors (Lipinski definition) is 2. The van der Waals surface area contributed by atoms with Gasteiger partial charge in [0.05, 0.1) is 0 Å². The first-order chi connectivity index (χ1) is 7.74. The molecular formula is C12H12N2O2. The maximum Gasteiger partial charge on any atom is 0.329 e. The Balaban J connectivity index is 1.95. The van der Waals surface area contributed by atoms with Crippen LogP contribution in [0, 0.1) is 0 Å². The van der Waals surface area contributed by atoms with Gasteiger partial charge in [-0.2, -0.15) is 0 Å². The second-order valence-corrected chi connectivity index (χ2v) is 4.25. The van der Waals surface area contributed by atoms with E-state index in [4.69, 9.17) is 0 Å². The average molecular weight is 216 g/mol. The van der Waals surface area contributed by atoms with Gasteiger partial charge in [0.2, 0.25) is 5.91 Å². The lowest BCUT2D eigenvalue weighted by molar-refractivity contribution is -0.117. The number of nitrogens with zero attached hydrogens (tertiary/aromatic N) is 1. The summed E-state index contributed by atoms with van der Waals surface area (Å²) in [6.07, 6.45) is 3.39. The molecule has 4 nitrogen and oxygen atoms in total. The van der Waals surface area contributed by atoms with Crippen LogP contribution < -0.4 is 10.2 Å². The fourth-order valence-electron chi connectivity index (χ4n) is 2.38. The monoisotopic (exact) mass is 216 g/mol. The van der Waals surface area contributed by atoms with Gasteiger partial charge in [0.15, 0.2) is 0 Å². The van der Waals surface area contributed by atoms with Gasteiger partial charge in [-0.3, -0.25) is 15.0 Å². The highest BCUT2D eigenvalue weighted by Crippen LogP contribution is 2.27. The highest BCUT2D eigenvalue weighted by atomic mass is 16.2. The van der Waals surface area contributed by atoms with E-state index in [1.807, 2.05) is 12.1 Å². The normalized spacial score (nSPS) is 18.9. The predicted molar refractivity (Wildman–Crippen MR) is 59.4 cm³/mol. The van der Waals surface area contributed by atoms with Crippen LogP contribution in [0.15, 0.2) is 18.2 Å². The minimum absolute atomic E-state index is 0.137. The highest BCUT2D eigenvalue weighted by molar-refractivity contribution is 6.12. The molecule has 3 amide bonds. The number of fused-ring (bicyclic) bond motifs is 1. The summed E-state index contributed by atoms with van der Waals surface area (Å²) in [4.78, 5) is 24.1. The van der Waals surface area contributed by atoms with Crippen LogP contribution in [0.5, 0.6) is 0 Å². The van der Waals surface area contributed by atoms with Crippen LogP contribution in [0.25, 0.3) is 0 Å². The number of imide groups is 1. The van der Waals surface area contributed by atoms with Gasteiger partial charge < -0.3 is 0 Å². The van der Waals surface area contributed by atoms with Crippen LogP contribution in [0.4, 0.5) is 10.5 Å². The van der Waals surface area contributed by atoms with Gasteiger partial charge in [-0.05, 0) is 42.5 Å². The molecule has 0 spiro atoms. The number of hydrogen-bond donors (Lipinski definition) is 1. The van der Waals surface area contributed by atoms with Crippen molar-refractivity contribution in [3.05, 3.63) is 29.3 Å². The Labute approximate surface area is 93.2 Å². The fourth-order valence-corrected chi connectivity index (χ4v) is 2.38. The molecule has 1 fully saturated rings. The van der Waals surface area contributed by atoms with E-state index in [1.165, 1.54) is 22.4 Å². The van der Waals surface area contributed by atoms with Crippen molar-refractivity contribution in [1.82, 2.24) is 5.32 Å². The number of urea groups is 1. The standard InChI is InChI=1S/C12H12N2O2/c15-11-7-14(12(16)13-11)10-5-4-8-2-1-3-9(8)6-10/h4-6H,1-3,7H2,(H,13,15,16). The molecule has 3 rings (SSSR count). The molecular weight excluding hydrogens is 204 g/mol. The third-order valence-corrected chi connectivity index (χ3v) is 3.19. The number of benzene rings is 1. The van der Waals surface area contributed by atoms with Crippen LogP contribution in [-0.4, -0.2) is 18.5 Å². The van der Waals surface area contributed by atoms with Crippen molar-refractivity contribution in [2.24, 2.45) is 0 Å². The van der Waals surface area contributed by atoms with E-state index in [9.17, 15) is 9.59 Å². The number of amides is 3. The molecule has 1 aliphatic heterocycles. The van der Waals surface area contributed by atoms with E-state index < -0.39 is 0 Å². The smallest absolute Gasteiger partial charge is 0.285 e. The molecule has 0 unspecified atom stereocenters. The van der Waals surface area contributed by atoms with Crippen LogP contribution >= 0.6 is 0 Å². The third-order valence-electron chi connectivity index (χ3n) is 3.19. The molecule has 1 aliphatic carbocycles. The molecule has 2 aliphatic rings. The summed E-state index contributed by atoms with van der Waals surface area (Å²) >= 11 is 0. The van der Waals surface area contributed by atoms with Crippen LogP contribution in [0.3, 0.4) is 0 Å². The van der Waals surface area contributed by atoms with Crippen molar-refractivity contribution in [2.45, 2.75) is 19.3 Å². The zero-order chi connectivity index (χ0) is 11.1. The van der Waals surface area contributed by atoms with Gasteiger partial charge in [-0.1, -0.05) is 6.07 Å². The van der Waals surface area contributed by atoms with Crippen molar-refractivity contribution >= 4 is 17.6 Å². The SMILES string of the molecule is O=C1CN(c2ccc3c(c2)CCC3)C(=O)N1. The Kier molecular flexibility index (Phi) is 1.96. The van der Waals surface area contributed by atoms with Gasteiger partial charge >= 0.3 is 6.03 Å². The van der Waals surface area contributed by atoms with Crippen molar-refractivity contribution in [2.75, 3.05) is 11.4 Å². The van der Waals surface area contributed by atoms with Crippen molar-refractivity contribution in [3.8, 4) is 0 Å². The van der Waals surface area contributed by atoms with E-state index in [1.54, 1.807) is 0 Å². The van der Waals surface area contributed by atoms with Gasteiger partial charge in [-0.25, -0.2) is 4.79 Å². The zero-order valence-electron chi connectivity index (χ0n) is 8.82.